The SMILES string of the molecule is COCCCCCn1nnnc1-c1ccc(N)c(Cl)c1. The number of methoxy groups -OCH3 is 1. The van der Waals surface area contributed by atoms with E-state index >= 15 is 0 Å². The van der Waals surface area contributed by atoms with Gasteiger partial charge in [-0.2, -0.15) is 0 Å². The molecule has 1 aromatic carbocycles. The first-order valence-corrected chi connectivity index (χ1v) is 6.90. The number of aromatic nitrogens is 4. The second kappa shape index (κ2) is 7.21. The highest BCUT2D eigenvalue weighted by Gasteiger charge is 2.10. The summed E-state index contributed by atoms with van der Waals surface area (Å²) in [4.78, 5) is 0. The number of ether oxygens (including phenoxy) is 1. The fourth-order valence-electron chi connectivity index (χ4n) is 1.91. The summed E-state index contributed by atoms with van der Waals surface area (Å²) in [6.45, 7) is 1.56. The van der Waals surface area contributed by atoms with Crippen LogP contribution in [0.4, 0.5) is 5.69 Å². The molecule has 0 aliphatic carbocycles. The lowest BCUT2D eigenvalue weighted by molar-refractivity contribution is 0.191. The van der Waals surface area contributed by atoms with E-state index in [1.165, 1.54) is 0 Å². The molecule has 0 fully saturated rings. The van der Waals surface area contributed by atoms with Gasteiger partial charge in [0.05, 0.1) is 10.7 Å². The monoisotopic (exact) mass is 295 g/mol. The van der Waals surface area contributed by atoms with E-state index in [0.717, 1.165) is 38.0 Å². The van der Waals surface area contributed by atoms with Crippen LogP contribution in [0.1, 0.15) is 19.3 Å². The Balaban J connectivity index is 2.02. The minimum atomic E-state index is 0.511. The van der Waals surface area contributed by atoms with Crippen LogP contribution in [0.15, 0.2) is 18.2 Å². The molecule has 0 aliphatic heterocycles. The summed E-state index contributed by atoms with van der Waals surface area (Å²) < 4.78 is 6.81. The predicted octanol–water partition coefficient (Wildman–Crippen LogP) is 2.39. The van der Waals surface area contributed by atoms with Gasteiger partial charge in [0.1, 0.15) is 0 Å². The molecule has 0 unspecified atom stereocenters. The van der Waals surface area contributed by atoms with Gasteiger partial charge in [-0.1, -0.05) is 11.6 Å². The minimum Gasteiger partial charge on any atom is -0.398 e. The molecule has 0 radical (unpaired) electrons. The van der Waals surface area contributed by atoms with Crippen molar-refractivity contribution in [3.8, 4) is 11.4 Å². The molecule has 6 nitrogen and oxygen atoms in total. The Labute approximate surface area is 122 Å². The standard InChI is InChI=1S/C13H18ClN5O/c1-20-8-4-2-3-7-19-13(16-17-18-19)10-5-6-12(15)11(14)9-10/h5-6,9H,2-4,7-8,15H2,1H3. The summed E-state index contributed by atoms with van der Waals surface area (Å²) in [7, 11) is 1.71. The van der Waals surface area contributed by atoms with Crippen LogP contribution >= 0.6 is 11.6 Å². The number of benzene rings is 1. The average molecular weight is 296 g/mol. The van der Waals surface area contributed by atoms with Crippen molar-refractivity contribution >= 4 is 17.3 Å². The number of unbranched alkanes of at least 4 members (excludes halogenated alkanes) is 2. The molecule has 20 heavy (non-hydrogen) atoms. The molecule has 0 bridgehead atoms. The lowest BCUT2D eigenvalue weighted by atomic mass is 10.2. The zero-order chi connectivity index (χ0) is 14.4. The lowest BCUT2D eigenvalue weighted by Crippen LogP contribution is -2.04. The number of rotatable bonds is 7. The number of nitrogens with two attached hydrogens (primary N) is 1. The molecule has 0 atom stereocenters. The van der Waals surface area contributed by atoms with Gasteiger partial charge in [-0.25, -0.2) is 4.68 Å². The summed E-state index contributed by atoms with van der Waals surface area (Å²) in [5.74, 6) is 0.707. The van der Waals surface area contributed by atoms with E-state index in [4.69, 9.17) is 22.1 Å². The first-order chi connectivity index (χ1) is 9.72. The Bertz CT molecular complexity index is 557. The number of nitrogens with zero attached hydrogens (tertiary/aromatic N) is 4. The molecule has 0 aliphatic rings. The van der Waals surface area contributed by atoms with E-state index in [1.807, 2.05) is 6.07 Å². The molecule has 1 heterocycles. The number of anilines is 1. The summed E-state index contributed by atoms with van der Waals surface area (Å²) >= 11 is 6.03. The van der Waals surface area contributed by atoms with Crippen molar-refractivity contribution in [3.05, 3.63) is 23.2 Å². The summed E-state index contributed by atoms with van der Waals surface area (Å²) in [5.41, 5.74) is 7.12. The third kappa shape index (κ3) is 3.68. The smallest absolute Gasteiger partial charge is 0.182 e. The maximum absolute atomic E-state index is 6.03. The van der Waals surface area contributed by atoms with Crippen molar-refractivity contribution in [2.24, 2.45) is 0 Å². The average Bonchev–Trinajstić information content (AvgIpc) is 2.90. The predicted molar refractivity (Wildman–Crippen MR) is 78.4 cm³/mol. The van der Waals surface area contributed by atoms with Gasteiger partial charge in [0.15, 0.2) is 5.82 Å². The third-order valence-corrected chi connectivity index (χ3v) is 3.34. The Morgan fingerprint density at radius 3 is 2.90 bits per heavy atom. The topological polar surface area (TPSA) is 78.8 Å². The number of hydrogen-bond donors (Lipinski definition) is 1. The maximum atomic E-state index is 6.03. The van der Waals surface area contributed by atoms with Gasteiger partial charge in [0.2, 0.25) is 0 Å². The molecule has 2 aromatic rings. The Morgan fingerprint density at radius 1 is 1.30 bits per heavy atom. The highest BCUT2D eigenvalue weighted by Crippen LogP contribution is 2.25. The number of hydrogen-bond acceptors (Lipinski definition) is 5. The highest BCUT2D eigenvalue weighted by molar-refractivity contribution is 6.33. The molecule has 0 saturated carbocycles. The van der Waals surface area contributed by atoms with Gasteiger partial charge in [0, 0.05) is 25.8 Å². The second-order valence-electron chi connectivity index (χ2n) is 4.52. The van der Waals surface area contributed by atoms with Crippen LogP contribution < -0.4 is 5.73 Å². The Morgan fingerprint density at radius 2 is 2.15 bits per heavy atom. The first-order valence-electron chi connectivity index (χ1n) is 6.53. The number of halogens is 1. The highest BCUT2D eigenvalue weighted by atomic mass is 35.5. The second-order valence-corrected chi connectivity index (χ2v) is 4.92. The van der Waals surface area contributed by atoms with E-state index in [2.05, 4.69) is 15.5 Å². The molecule has 0 saturated heterocycles. The van der Waals surface area contributed by atoms with Crippen LogP contribution in [0.5, 0.6) is 0 Å². The quantitative estimate of drug-likeness (QED) is 0.627. The van der Waals surface area contributed by atoms with E-state index in [-0.39, 0.29) is 0 Å². The molecule has 0 spiro atoms. The van der Waals surface area contributed by atoms with Gasteiger partial charge in [-0.3, -0.25) is 0 Å². The van der Waals surface area contributed by atoms with Crippen LogP contribution in [0.25, 0.3) is 11.4 Å². The largest absolute Gasteiger partial charge is 0.398 e. The first kappa shape index (κ1) is 14.7. The van der Waals surface area contributed by atoms with Crippen molar-refractivity contribution in [1.29, 1.82) is 0 Å². The van der Waals surface area contributed by atoms with Gasteiger partial charge in [0.25, 0.3) is 0 Å². The lowest BCUT2D eigenvalue weighted by Gasteiger charge is -2.06. The molecule has 7 heteroatoms. The number of nitrogen functional groups attached to an aromatic ring is 1. The van der Waals surface area contributed by atoms with Crippen LogP contribution in [0, 0.1) is 0 Å². The fourth-order valence-corrected chi connectivity index (χ4v) is 2.09. The number of aryl methyl sites for hydroxylation is 1. The van der Waals surface area contributed by atoms with E-state index < -0.39 is 0 Å². The minimum absolute atomic E-state index is 0.511. The molecular weight excluding hydrogens is 278 g/mol. The van der Waals surface area contributed by atoms with Gasteiger partial charge >= 0.3 is 0 Å². The van der Waals surface area contributed by atoms with E-state index in [9.17, 15) is 0 Å². The summed E-state index contributed by atoms with van der Waals surface area (Å²) in [6, 6.07) is 5.41. The van der Waals surface area contributed by atoms with Crippen LogP contribution in [0.3, 0.4) is 0 Å². The van der Waals surface area contributed by atoms with Gasteiger partial charge < -0.3 is 10.5 Å². The number of tetrazole rings is 1. The summed E-state index contributed by atoms with van der Waals surface area (Å²) in [5, 5.41) is 12.3. The van der Waals surface area contributed by atoms with E-state index in [1.54, 1.807) is 23.9 Å². The van der Waals surface area contributed by atoms with Crippen LogP contribution in [0.2, 0.25) is 5.02 Å². The van der Waals surface area contributed by atoms with Crippen molar-refractivity contribution < 1.29 is 4.74 Å². The summed E-state index contributed by atoms with van der Waals surface area (Å²) in [6.07, 6.45) is 3.13. The van der Waals surface area contributed by atoms with Crippen molar-refractivity contribution in [2.75, 3.05) is 19.5 Å². The normalized spacial score (nSPS) is 10.9. The Kier molecular flexibility index (Phi) is 5.31. The van der Waals surface area contributed by atoms with Crippen molar-refractivity contribution in [2.45, 2.75) is 25.8 Å². The Hall–Kier alpha value is -1.66. The molecular formula is C13H18ClN5O. The molecule has 2 N–H and O–H groups in total. The van der Waals surface area contributed by atoms with Gasteiger partial charge in [-0.15, -0.1) is 5.10 Å². The van der Waals surface area contributed by atoms with Crippen LogP contribution in [-0.2, 0) is 11.3 Å². The van der Waals surface area contributed by atoms with Crippen molar-refractivity contribution in [1.82, 2.24) is 20.2 Å². The van der Waals surface area contributed by atoms with Crippen molar-refractivity contribution in [3.63, 3.8) is 0 Å². The molecule has 1 aromatic heterocycles. The molecule has 2 rings (SSSR count). The molecule has 0 amide bonds. The zero-order valence-corrected chi connectivity index (χ0v) is 12.2. The third-order valence-electron chi connectivity index (χ3n) is 3.01. The van der Waals surface area contributed by atoms with E-state index in [0.29, 0.717) is 16.5 Å². The zero-order valence-electron chi connectivity index (χ0n) is 11.4. The fraction of sp³-hybridized carbons (Fsp3) is 0.462. The maximum Gasteiger partial charge on any atom is 0.182 e. The molecule has 108 valence electrons. The van der Waals surface area contributed by atoms with Crippen LogP contribution in [-0.4, -0.2) is 33.9 Å². The van der Waals surface area contributed by atoms with Gasteiger partial charge in [-0.05, 0) is 47.9 Å².